The van der Waals surface area contributed by atoms with Gasteiger partial charge in [0.05, 0.1) is 24.9 Å². The van der Waals surface area contributed by atoms with E-state index in [1.54, 1.807) is 0 Å². The van der Waals surface area contributed by atoms with E-state index in [9.17, 15) is 15.3 Å². The molecule has 3 saturated carbocycles. The Hall–Kier alpha value is -0.940. The van der Waals surface area contributed by atoms with Gasteiger partial charge in [-0.2, -0.15) is 0 Å². The van der Waals surface area contributed by atoms with Crippen LogP contribution in [0.4, 0.5) is 0 Å². The van der Waals surface area contributed by atoms with Gasteiger partial charge >= 0.3 is 0 Å². The number of hydrogen-bond acceptors (Lipinski definition) is 4. The Bertz CT molecular complexity index is 748. The van der Waals surface area contributed by atoms with Gasteiger partial charge in [0.2, 0.25) is 0 Å². The first kappa shape index (κ1) is 23.2. The molecule has 3 aliphatic carbocycles. The third-order valence-corrected chi connectivity index (χ3v) is 9.19. The molecular formula is C27H42O4. The highest BCUT2D eigenvalue weighted by molar-refractivity contribution is 5.38. The van der Waals surface area contributed by atoms with Gasteiger partial charge in [-0.05, 0) is 92.6 Å². The second-order valence-electron chi connectivity index (χ2n) is 11.3. The Morgan fingerprint density at radius 2 is 1.94 bits per heavy atom. The Kier molecular flexibility index (Phi) is 6.58. The minimum Gasteiger partial charge on any atom is -0.393 e. The zero-order valence-electron chi connectivity index (χ0n) is 19.6. The number of aliphatic hydroxyl groups excluding tert-OH is 3. The molecule has 4 fully saturated rings. The largest absolute Gasteiger partial charge is 0.393 e. The smallest absolute Gasteiger partial charge is 0.115 e. The topological polar surface area (TPSA) is 73.2 Å². The van der Waals surface area contributed by atoms with E-state index < -0.39 is 12.2 Å². The van der Waals surface area contributed by atoms with Gasteiger partial charge in [0.15, 0.2) is 0 Å². The third kappa shape index (κ3) is 4.59. The minimum absolute atomic E-state index is 0.291. The monoisotopic (exact) mass is 430 g/mol. The van der Waals surface area contributed by atoms with Gasteiger partial charge in [0, 0.05) is 6.42 Å². The molecule has 4 nitrogen and oxygen atoms in total. The Labute approximate surface area is 188 Å². The standard InChI is InChI=1S/C27H42O4/c1-17(7-12-25(30)27(4)16-31-27)22-10-11-23-19(6-5-13-26(22,23)3)8-9-20-14-21(28)15-24(29)18(20)2/h8-9,17,21-25,28-30H,2,5-7,10-16H2,1,3-4H3/b19-8+,20-9-/t17-,21-,22-,23+,24+,25-,26-,27-/m1/s1. The van der Waals surface area contributed by atoms with Crippen LogP contribution in [0.1, 0.15) is 78.6 Å². The van der Waals surface area contributed by atoms with Crippen molar-refractivity contribution in [1.29, 1.82) is 0 Å². The highest BCUT2D eigenvalue weighted by atomic mass is 16.6. The Morgan fingerprint density at radius 1 is 1.19 bits per heavy atom. The zero-order chi connectivity index (χ0) is 22.4. The summed E-state index contributed by atoms with van der Waals surface area (Å²) in [6.07, 6.45) is 12.0. The molecule has 3 N–H and O–H groups in total. The molecule has 1 aliphatic heterocycles. The van der Waals surface area contributed by atoms with Crippen molar-refractivity contribution in [3.63, 3.8) is 0 Å². The van der Waals surface area contributed by atoms with Crippen molar-refractivity contribution < 1.29 is 20.1 Å². The summed E-state index contributed by atoms with van der Waals surface area (Å²) >= 11 is 0. The van der Waals surface area contributed by atoms with E-state index >= 15 is 0 Å². The van der Waals surface area contributed by atoms with Crippen LogP contribution in [0.5, 0.6) is 0 Å². The summed E-state index contributed by atoms with van der Waals surface area (Å²) in [6, 6.07) is 0. The molecule has 0 aromatic carbocycles. The second-order valence-corrected chi connectivity index (χ2v) is 11.3. The summed E-state index contributed by atoms with van der Waals surface area (Å²) in [7, 11) is 0. The van der Waals surface area contributed by atoms with Crippen LogP contribution in [0.3, 0.4) is 0 Å². The van der Waals surface area contributed by atoms with Gasteiger partial charge in [0.1, 0.15) is 5.60 Å². The van der Waals surface area contributed by atoms with Gasteiger partial charge < -0.3 is 20.1 Å². The average Bonchev–Trinajstić information content (AvgIpc) is 3.37. The van der Waals surface area contributed by atoms with E-state index in [1.165, 1.54) is 31.3 Å². The summed E-state index contributed by atoms with van der Waals surface area (Å²) in [4.78, 5) is 0. The van der Waals surface area contributed by atoms with Crippen molar-refractivity contribution >= 4 is 0 Å². The first-order chi connectivity index (χ1) is 14.6. The molecule has 1 saturated heterocycles. The van der Waals surface area contributed by atoms with Gasteiger partial charge in [-0.1, -0.05) is 38.2 Å². The summed E-state index contributed by atoms with van der Waals surface area (Å²) < 4.78 is 5.43. The first-order valence-corrected chi connectivity index (χ1v) is 12.4. The van der Waals surface area contributed by atoms with Crippen LogP contribution < -0.4 is 0 Å². The number of rotatable bonds is 6. The lowest BCUT2D eigenvalue weighted by Gasteiger charge is -2.44. The molecule has 4 rings (SSSR count). The maximum absolute atomic E-state index is 10.4. The first-order valence-electron chi connectivity index (χ1n) is 12.4. The van der Waals surface area contributed by atoms with Crippen LogP contribution in [0, 0.1) is 23.2 Å². The third-order valence-electron chi connectivity index (χ3n) is 9.19. The van der Waals surface area contributed by atoms with Crippen LogP contribution in [-0.2, 0) is 4.74 Å². The number of fused-ring (bicyclic) bond motifs is 1. The van der Waals surface area contributed by atoms with Crippen molar-refractivity contribution in [2.45, 2.75) is 102 Å². The normalized spacial score (nSPS) is 45.0. The Balaban J connectivity index is 1.44. The molecule has 4 heteroatoms. The maximum Gasteiger partial charge on any atom is 0.115 e. The molecule has 1 heterocycles. The van der Waals surface area contributed by atoms with Crippen molar-refractivity contribution in [3.8, 4) is 0 Å². The van der Waals surface area contributed by atoms with Gasteiger partial charge in [0.25, 0.3) is 0 Å². The van der Waals surface area contributed by atoms with Gasteiger partial charge in [-0.25, -0.2) is 0 Å². The SMILES string of the molecule is C=C1/C(=C\C=C2/CCC[C@]3(C)[C@@H]([C@H](C)CC[C@@H](O)[C@@]4(C)CO4)CC[C@@H]23)C[C@@H](O)C[C@@H]1O. The van der Waals surface area contributed by atoms with Crippen molar-refractivity contribution in [1.82, 2.24) is 0 Å². The van der Waals surface area contributed by atoms with Crippen LogP contribution >= 0.6 is 0 Å². The van der Waals surface area contributed by atoms with E-state index in [0.717, 1.165) is 30.4 Å². The van der Waals surface area contributed by atoms with Crippen molar-refractivity contribution in [2.24, 2.45) is 23.2 Å². The van der Waals surface area contributed by atoms with E-state index in [0.29, 0.717) is 42.6 Å². The number of hydrogen-bond donors (Lipinski definition) is 3. The molecule has 0 bridgehead atoms. The number of aliphatic hydroxyl groups is 3. The predicted octanol–water partition coefficient (Wildman–Crippen LogP) is 4.69. The summed E-state index contributed by atoms with van der Waals surface area (Å²) in [5.41, 5.74) is 3.34. The molecule has 0 aromatic heterocycles. The molecule has 0 radical (unpaired) electrons. The minimum atomic E-state index is -0.625. The summed E-state index contributed by atoms with van der Waals surface area (Å²) in [6.45, 7) is 11.6. The summed E-state index contributed by atoms with van der Waals surface area (Å²) in [5, 5.41) is 30.6. The van der Waals surface area contributed by atoms with Crippen LogP contribution in [0.25, 0.3) is 0 Å². The Morgan fingerprint density at radius 3 is 2.65 bits per heavy atom. The molecule has 0 amide bonds. The van der Waals surface area contributed by atoms with E-state index in [-0.39, 0.29) is 11.7 Å². The molecule has 174 valence electrons. The molecule has 8 atom stereocenters. The number of allylic oxidation sites excluding steroid dienone is 3. The van der Waals surface area contributed by atoms with Crippen LogP contribution in [-0.4, -0.2) is 45.8 Å². The number of epoxide rings is 1. The molecule has 0 aromatic rings. The lowest BCUT2D eigenvalue weighted by atomic mass is 9.60. The van der Waals surface area contributed by atoms with Crippen LogP contribution in [0.15, 0.2) is 35.5 Å². The maximum atomic E-state index is 10.4. The molecule has 4 aliphatic rings. The zero-order valence-corrected chi connectivity index (χ0v) is 19.6. The van der Waals surface area contributed by atoms with E-state index in [4.69, 9.17) is 4.74 Å². The van der Waals surface area contributed by atoms with Crippen LogP contribution in [0.2, 0.25) is 0 Å². The fourth-order valence-corrected chi connectivity index (χ4v) is 6.91. The average molecular weight is 431 g/mol. The predicted molar refractivity (Wildman–Crippen MR) is 123 cm³/mol. The lowest BCUT2D eigenvalue weighted by Crippen LogP contribution is -2.36. The lowest BCUT2D eigenvalue weighted by molar-refractivity contribution is 0.0546. The molecule has 0 spiro atoms. The van der Waals surface area contributed by atoms with Crippen molar-refractivity contribution in [3.05, 3.63) is 35.5 Å². The number of ether oxygens (including phenoxy) is 1. The van der Waals surface area contributed by atoms with E-state index in [2.05, 4.69) is 32.6 Å². The van der Waals surface area contributed by atoms with Gasteiger partial charge in [-0.15, -0.1) is 0 Å². The quantitative estimate of drug-likeness (QED) is 0.534. The summed E-state index contributed by atoms with van der Waals surface area (Å²) in [5.74, 6) is 1.92. The fraction of sp³-hybridized carbons (Fsp3) is 0.778. The van der Waals surface area contributed by atoms with Crippen molar-refractivity contribution in [2.75, 3.05) is 6.61 Å². The van der Waals surface area contributed by atoms with Gasteiger partial charge in [-0.3, -0.25) is 0 Å². The highest BCUT2D eigenvalue weighted by Crippen LogP contribution is 2.60. The highest BCUT2D eigenvalue weighted by Gasteiger charge is 2.51. The molecule has 0 unspecified atom stereocenters. The molecule has 31 heavy (non-hydrogen) atoms. The molecular weight excluding hydrogens is 388 g/mol. The second kappa shape index (κ2) is 8.78. The fourth-order valence-electron chi connectivity index (χ4n) is 6.91. The van der Waals surface area contributed by atoms with E-state index in [1.807, 2.05) is 6.92 Å².